The molecule has 1 aromatic heterocycles. The zero-order valence-corrected chi connectivity index (χ0v) is 18.0. The normalized spacial score (nSPS) is 12.9. The fraction of sp³-hybridized carbons (Fsp3) is 0.0455. The number of sulfonamides is 1. The summed E-state index contributed by atoms with van der Waals surface area (Å²) in [6.07, 6.45) is 0. The number of carbonyl (C=O) groups excluding carboxylic acids is 1. The zero-order chi connectivity index (χ0) is 22.7. The lowest BCUT2D eigenvalue weighted by Crippen LogP contribution is -2.33. The van der Waals surface area contributed by atoms with Gasteiger partial charge in [-0.05, 0) is 35.9 Å². The van der Waals surface area contributed by atoms with E-state index >= 15 is 0 Å². The van der Waals surface area contributed by atoms with Crippen LogP contribution in [0.3, 0.4) is 0 Å². The minimum absolute atomic E-state index is 0.00187. The van der Waals surface area contributed by atoms with Crippen molar-refractivity contribution in [1.29, 1.82) is 0 Å². The van der Waals surface area contributed by atoms with Gasteiger partial charge in [-0.15, -0.1) is 10.2 Å². The number of rotatable bonds is 6. The molecule has 4 rings (SSSR count). The van der Waals surface area contributed by atoms with Crippen molar-refractivity contribution in [3.63, 3.8) is 0 Å². The third-order valence-corrected chi connectivity index (χ3v) is 6.38. The van der Waals surface area contributed by atoms with Crippen LogP contribution in [0.25, 0.3) is 10.9 Å². The number of fused-ring (bicyclic) bond motifs is 1. The number of H-pyrrole nitrogens is 1. The molecule has 4 aromatic rings. The van der Waals surface area contributed by atoms with Gasteiger partial charge in [0, 0.05) is 10.4 Å². The molecule has 0 bridgehead atoms. The number of hydrogen-bond donors (Lipinski definition) is 3. The summed E-state index contributed by atoms with van der Waals surface area (Å²) in [6.45, 7) is 0. The van der Waals surface area contributed by atoms with E-state index in [9.17, 15) is 18.3 Å². The average Bonchev–Trinajstić information content (AvgIpc) is 3.12. The summed E-state index contributed by atoms with van der Waals surface area (Å²) in [7, 11) is -4.04. The van der Waals surface area contributed by atoms with Gasteiger partial charge in [0.15, 0.2) is 5.69 Å². The largest absolute Gasteiger partial charge is 0.493 e. The second kappa shape index (κ2) is 8.91. The average molecular weight is 469 g/mol. The molecule has 0 aliphatic carbocycles. The predicted octanol–water partition coefficient (Wildman–Crippen LogP) is 4.86. The molecule has 162 valence electrons. The summed E-state index contributed by atoms with van der Waals surface area (Å²) in [5, 5.41) is 18.7. The van der Waals surface area contributed by atoms with Crippen LogP contribution in [0, 0.1) is 0 Å². The number of aromatic nitrogens is 1. The molecule has 3 aromatic carbocycles. The van der Waals surface area contributed by atoms with Crippen LogP contribution < -0.4 is 4.72 Å². The molecule has 1 atom stereocenters. The summed E-state index contributed by atoms with van der Waals surface area (Å²) < 4.78 is 28.1. The van der Waals surface area contributed by atoms with Crippen LogP contribution in [-0.4, -0.2) is 24.4 Å². The molecule has 8 nitrogen and oxygen atoms in total. The number of aromatic amines is 1. The van der Waals surface area contributed by atoms with Gasteiger partial charge >= 0.3 is 0 Å². The first-order chi connectivity index (χ1) is 15.3. The molecule has 0 spiro atoms. The lowest BCUT2D eigenvalue weighted by atomic mass is 10.1. The van der Waals surface area contributed by atoms with Crippen molar-refractivity contribution in [2.45, 2.75) is 10.9 Å². The standard InChI is InChI=1S/C22H17ClN4O4S/c23-15-12-10-14(11-13-15)19(27-32(30,31)16-6-2-1-3-7-16)22(29)26-25-20-17-8-4-5-9-18(17)24-21(20)28/h1-13,19,24,27-28H. The second-order valence-corrected chi connectivity index (χ2v) is 8.98. The number of amides is 1. The summed E-state index contributed by atoms with van der Waals surface area (Å²) in [4.78, 5) is 15.7. The Morgan fingerprint density at radius 1 is 0.969 bits per heavy atom. The number of hydrogen-bond acceptors (Lipinski definition) is 5. The number of para-hydroxylation sites is 1. The van der Waals surface area contributed by atoms with E-state index in [4.69, 9.17) is 11.6 Å². The number of nitrogens with zero attached hydrogens (tertiary/aromatic N) is 2. The van der Waals surface area contributed by atoms with Crippen LogP contribution in [0.4, 0.5) is 5.69 Å². The predicted molar refractivity (Wildman–Crippen MR) is 120 cm³/mol. The number of aromatic hydroxyl groups is 1. The summed E-state index contributed by atoms with van der Waals surface area (Å²) in [5.74, 6) is -1.12. The van der Waals surface area contributed by atoms with Gasteiger partial charge in [-0.3, -0.25) is 4.79 Å². The molecular formula is C22H17ClN4O4S. The highest BCUT2D eigenvalue weighted by atomic mass is 35.5. The quantitative estimate of drug-likeness (QED) is 0.349. The molecule has 0 aliphatic rings. The van der Waals surface area contributed by atoms with E-state index in [0.717, 1.165) is 0 Å². The SMILES string of the molecule is O=C(N=Nc1c(O)[nH]c2ccccc12)C(NS(=O)(=O)c1ccccc1)c1ccc(Cl)cc1. The molecule has 0 radical (unpaired) electrons. The Hall–Kier alpha value is -3.53. The number of azo groups is 1. The Bertz CT molecular complexity index is 1400. The lowest BCUT2D eigenvalue weighted by molar-refractivity contribution is -0.120. The summed E-state index contributed by atoms with van der Waals surface area (Å²) in [5.41, 5.74) is 1.03. The molecular weight excluding hydrogens is 452 g/mol. The van der Waals surface area contributed by atoms with Crippen molar-refractivity contribution in [3.8, 4) is 5.88 Å². The van der Waals surface area contributed by atoms with E-state index in [0.29, 0.717) is 21.5 Å². The van der Waals surface area contributed by atoms with Crippen molar-refractivity contribution in [2.24, 2.45) is 10.2 Å². The molecule has 0 fully saturated rings. The van der Waals surface area contributed by atoms with E-state index in [1.165, 1.54) is 36.4 Å². The highest BCUT2D eigenvalue weighted by Crippen LogP contribution is 2.35. The third kappa shape index (κ3) is 4.54. The maximum Gasteiger partial charge on any atom is 0.287 e. The van der Waals surface area contributed by atoms with Crippen molar-refractivity contribution in [1.82, 2.24) is 9.71 Å². The monoisotopic (exact) mass is 468 g/mol. The van der Waals surface area contributed by atoms with E-state index in [1.807, 2.05) is 0 Å². The Morgan fingerprint density at radius 3 is 2.34 bits per heavy atom. The first-order valence-electron chi connectivity index (χ1n) is 9.43. The van der Waals surface area contributed by atoms with Gasteiger partial charge in [-0.1, -0.05) is 60.1 Å². The summed E-state index contributed by atoms with van der Waals surface area (Å²) >= 11 is 5.93. The fourth-order valence-corrected chi connectivity index (χ4v) is 4.43. The molecule has 1 amide bonds. The number of halogens is 1. The van der Waals surface area contributed by atoms with Crippen LogP contribution in [-0.2, 0) is 14.8 Å². The maximum atomic E-state index is 13.0. The first-order valence-corrected chi connectivity index (χ1v) is 11.3. The van der Waals surface area contributed by atoms with E-state index in [1.54, 1.807) is 42.5 Å². The number of nitrogens with one attached hydrogen (secondary N) is 2. The first kappa shape index (κ1) is 21.7. The second-order valence-electron chi connectivity index (χ2n) is 6.82. The molecule has 0 aliphatic heterocycles. The van der Waals surface area contributed by atoms with E-state index in [-0.39, 0.29) is 16.5 Å². The van der Waals surface area contributed by atoms with Gasteiger partial charge in [0.1, 0.15) is 6.04 Å². The van der Waals surface area contributed by atoms with Crippen LogP contribution in [0.1, 0.15) is 11.6 Å². The summed E-state index contributed by atoms with van der Waals surface area (Å²) in [6, 6.07) is 19.4. The number of carbonyl (C=O) groups is 1. The molecule has 3 N–H and O–H groups in total. The molecule has 0 saturated heterocycles. The zero-order valence-electron chi connectivity index (χ0n) is 16.4. The van der Waals surface area contributed by atoms with Crippen LogP contribution in [0.5, 0.6) is 5.88 Å². The van der Waals surface area contributed by atoms with Crippen molar-refractivity contribution < 1.29 is 18.3 Å². The number of benzene rings is 3. The van der Waals surface area contributed by atoms with Crippen molar-refractivity contribution in [2.75, 3.05) is 0 Å². The highest BCUT2D eigenvalue weighted by molar-refractivity contribution is 7.89. The Labute approximate surface area is 188 Å². The van der Waals surface area contributed by atoms with Gasteiger partial charge in [-0.25, -0.2) is 8.42 Å². The fourth-order valence-electron chi connectivity index (χ4n) is 3.11. The van der Waals surface area contributed by atoms with Gasteiger partial charge in [0.05, 0.1) is 10.4 Å². The molecule has 1 heterocycles. The third-order valence-electron chi connectivity index (χ3n) is 4.68. The highest BCUT2D eigenvalue weighted by Gasteiger charge is 2.27. The topological polar surface area (TPSA) is 124 Å². The smallest absolute Gasteiger partial charge is 0.287 e. The van der Waals surface area contributed by atoms with Gasteiger partial charge < -0.3 is 10.1 Å². The van der Waals surface area contributed by atoms with Gasteiger partial charge in [0.25, 0.3) is 5.91 Å². The van der Waals surface area contributed by atoms with Crippen molar-refractivity contribution >= 4 is 44.1 Å². The minimum atomic E-state index is -4.04. The Balaban J connectivity index is 1.69. The van der Waals surface area contributed by atoms with E-state index < -0.39 is 22.0 Å². The lowest BCUT2D eigenvalue weighted by Gasteiger charge is -2.16. The van der Waals surface area contributed by atoms with Crippen LogP contribution >= 0.6 is 11.6 Å². The van der Waals surface area contributed by atoms with Crippen LogP contribution in [0.15, 0.2) is 94.0 Å². The van der Waals surface area contributed by atoms with E-state index in [2.05, 4.69) is 19.9 Å². The van der Waals surface area contributed by atoms with Gasteiger partial charge in [0.2, 0.25) is 15.9 Å². The molecule has 0 saturated carbocycles. The Kier molecular flexibility index (Phi) is 6.04. The van der Waals surface area contributed by atoms with Crippen LogP contribution in [0.2, 0.25) is 5.02 Å². The Morgan fingerprint density at radius 2 is 1.62 bits per heavy atom. The van der Waals surface area contributed by atoms with Crippen molar-refractivity contribution in [3.05, 3.63) is 89.4 Å². The molecule has 1 unspecified atom stereocenters. The maximum absolute atomic E-state index is 13.0. The molecule has 10 heteroatoms. The van der Waals surface area contributed by atoms with Gasteiger partial charge in [-0.2, -0.15) is 4.72 Å². The minimum Gasteiger partial charge on any atom is -0.493 e. The molecule has 32 heavy (non-hydrogen) atoms.